The highest BCUT2D eigenvalue weighted by Gasteiger charge is 2.12. The molecule has 0 aliphatic rings. The fourth-order valence-corrected chi connectivity index (χ4v) is 1.81. The lowest BCUT2D eigenvalue weighted by Crippen LogP contribution is -2.25. The molecule has 0 saturated heterocycles. The highest BCUT2D eigenvalue weighted by atomic mass is 16.5. The van der Waals surface area contributed by atoms with Gasteiger partial charge in [0.25, 0.3) is 0 Å². The van der Waals surface area contributed by atoms with Crippen LogP contribution in [0.2, 0.25) is 0 Å². The van der Waals surface area contributed by atoms with E-state index in [0.29, 0.717) is 25.4 Å². The third-order valence-corrected chi connectivity index (χ3v) is 2.87. The first-order valence-corrected chi connectivity index (χ1v) is 6.46. The molecule has 0 radical (unpaired) electrons. The highest BCUT2D eigenvalue weighted by Crippen LogP contribution is 2.30. The Morgan fingerprint density at radius 3 is 2.68 bits per heavy atom. The lowest BCUT2D eigenvalue weighted by atomic mass is 10.1. The molecule has 0 amide bonds. The number of carboxylic acid groups (broad SMARTS) is 1. The van der Waals surface area contributed by atoms with E-state index in [4.69, 9.17) is 9.84 Å². The largest absolute Gasteiger partial charge is 0.504 e. The number of benzene rings is 1. The molecule has 0 bridgehead atoms. The summed E-state index contributed by atoms with van der Waals surface area (Å²) in [4.78, 5) is 12.6. The lowest BCUT2D eigenvalue weighted by Gasteiger charge is -2.20. The van der Waals surface area contributed by atoms with Gasteiger partial charge in [0.05, 0.1) is 13.0 Å². The van der Waals surface area contributed by atoms with E-state index in [0.717, 1.165) is 12.1 Å². The number of hydrogen-bond donors (Lipinski definition) is 2. The van der Waals surface area contributed by atoms with Crippen LogP contribution in [0.25, 0.3) is 0 Å². The number of phenols is 1. The fraction of sp³-hybridized carbons (Fsp3) is 0.500. The van der Waals surface area contributed by atoms with E-state index in [2.05, 4.69) is 0 Å². The van der Waals surface area contributed by atoms with Gasteiger partial charge in [0.1, 0.15) is 0 Å². The van der Waals surface area contributed by atoms with Crippen LogP contribution >= 0.6 is 0 Å². The summed E-state index contributed by atoms with van der Waals surface area (Å²) in [6.45, 7) is 6.02. The van der Waals surface area contributed by atoms with E-state index < -0.39 is 5.97 Å². The standard InChI is InChI=1S/C14H21NO4/c1-3-15(9-8-13(16)17)10-11-6-5-7-12(14(11)18)19-4-2/h5-7,18H,3-4,8-10H2,1-2H3,(H,16,17). The molecule has 0 spiro atoms. The number of carbonyl (C=O) groups is 1. The molecule has 106 valence electrons. The summed E-state index contributed by atoms with van der Waals surface area (Å²) >= 11 is 0. The number of ether oxygens (including phenoxy) is 1. The SMILES string of the molecule is CCOc1cccc(CN(CC)CCC(=O)O)c1O. The van der Waals surface area contributed by atoms with Gasteiger partial charge in [0.15, 0.2) is 11.5 Å². The van der Waals surface area contributed by atoms with E-state index in [1.165, 1.54) is 0 Å². The maximum absolute atomic E-state index is 10.6. The first kappa shape index (κ1) is 15.3. The van der Waals surface area contributed by atoms with Gasteiger partial charge in [-0.2, -0.15) is 0 Å². The molecule has 0 heterocycles. The summed E-state index contributed by atoms with van der Waals surface area (Å²) in [5.74, 6) is -0.210. The van der Waals surface area contributed by atoms with Gasteiger partial charge in [-0.3, -0.25) is 9.69 Å². The fourth-order valence-electron chi connectivity index (χ4n) is 1.81. The Morgan fingerprint density at radius 2 is 2.11 bits per heavy atom. The Balaban J connectivity index is 2.73. The summed E-state index contributed by atoms with van der Waals surface area (Å²) in [5.41, 5.74) is 0.748. The molecule has 1 rings (SSSR count). The van der Waals surface area contributed by atoms with Crippen molar-refractivity contribution < 1.29 is 19.7 Å². The third-order valence-electron chi connectivity index (χ3n) is 2.87. The van der Waals surface area contributed by atoms with Crippen LogP contribution in [0.1, 0.15) is 25.8 Å². The monoisotopic (exact) mass is 267 g/mol. The van der Waals surface area contributed by atoms with Gasteiger partial charge in [-0.25, -0.2) is 0 Å². The van der Waals surface area contributed by atoms with E-state index >= 15 is 0 Å². The van der Waals surface area contributed by atoms with Crippen molar-refractivity contribution in [2.75, 3.05) is 19.7 Å². The molecule has 0 aliphatic heterocycles. The van der Waals surface area contributed by atoms with Crippen LogP contribution in [-0.2, 0) is 11.3 Å². The number of para-hydroxylation sites is 1. The Morgan fingerprint density at radius 1 is 1.37 bits per heavy atom. The smallest absolute Gasteiger partial charge is 0.304 e. The molecular weight excluding hydrogens is 246 g/mol. The molecule has 1 aromatic carbocycles. The first-order chi connectivity index (χ1) is 9.08. The van der Waals surface area contributed by atoms with Gasteiger partial charge in [0.2, 0.25) is 0 Å². The van der Waals surface area contributed by atoms with Crippen molar-refractivity contribution >= 4 is 5.97 Å². The number of hydrogen-bond acceptors (Lipinski definition) is 4. The number of nitrogens with zero attached hydrogens (tertiary/aromatic N) is 1. The summed E-state index contributed by atoms with van der Waals surface area (Å²) in [6.07, 6.45) is 0.0970. The Kier molecular flexibility index (Phi) is 6.15. The quantitative estimate of drug-likeness (QED) is 0.754. The molecule has 0 aromatic heterocycles. The van der Waals surface area contributed by atoms with E-state index in [-0.39, 0.29) is 12.2 Å². The maximum atomic E-state index is 10.6. The number of carboxylic acids is 1. The molecule has 1 aromatic rings. The minimum absolute atomic E-state index is 0.0970. The highest BCUT2D eigenvalue weighted by molar-refractivity contribution is 5.66. The number of phenolic OH excluding ortho intramolecular Hbond substituents is 1. The van der Waals surface area contributed by atoms with Crippen molar-refractivity contribution in [2.24, 2.45) is 0 Å². The van der Waals surface area contributed by atoms with Crippen molar-refractivity contribution in [3.8, 4) is 11.5 Å². The van der Waals surface area contributed by atoms with Crippen LogP contribution in [0.4, 0.5) is 0 Å². The van der Waals surface area contributed by atoms with Crippen LogP contribution < -0.4 is 4.74 Å². The average molecular weight is 267 g/mol. The van der Waals surface area contributed by atoms with Crippen molar-refractivity contribution in [3.05, 3.63) is 23.8 Å². The molecule has 19 heavy (non-hydrogen) atoms. The second kappa shape index (κ2) is 7.63. The van der Waals surface area contributed by atoms with Crippen molar-refractivity contribution in [1.82, 2.24) is 4.90 Å². The van der Waals surface area contributed by atoms with Crippen LogP contribution in [0.5, 0.6) is 11.5 Å². The summed E-state index contributed by atoms with van der Waals surface area (Å²) in [7, 11) is 0. The van der Waals surface area contributed by atoms with Crippen molar-refractivity contribution in [2.45, 2.75) is 26.8 Å². The van der Waals surface area contributed by atoms with Crippen LogP contribution in [0.15, 0.2) is 18.2 Å². The molecule has 0 aliphatic carbocycles. The van der Waals surface area contributed by atoms with Gasteiger partial charge in [0, 0.05) is 18.7 Å². The zero-order chi connectivity index (χ0) is 14.3. The summed E-state index contributed by atoms with van der Waals surface area (Å²) in [6, 6.07) is 5.36. The summed E-state index contributed by atoms with van der Waals surface area (Å²) in [5, 5.41) is 18.8. The van der Waals surface area contributed by atoms with Gasteiger partial charge >= 0.3 is 5.97 Å². The zero-order valence-electron chi connectivity index (χ0n) is 11.4. The second-order valence-electron chi connectivity index (χ2n) is 4.21. The molecule has 2 N–H and O–H groups in total. The van der Waals surface area contributed by atoms with E-state index in [1.54, 1.807) is 6.07 Å². The Hall–Kier alpha value is -1.75. The predicted molar refractivity (Wildman–Crippen MR) is 72.5 cm³/mol. The van der Waals surface area contributed by atoms with Gasteiger partial charge in [-0.1, -0.05) is 19.1 Å². The number of aliphatic carboxylic acids is 1. The molecule has 0 unspecified atom stereocenters. The maximum Gasteiger partial charge on any atom is 0.304 e. The molecule has 5 nitrogen and oxygen atoms in total. The average Bonchev–Trinajstić information content (AvgIpc) is 2.38. The van der Waals surface area contributed by atoms with Crippen molar-refractivity contribution in [1.29, 1.82) is 0 Å². The molecule has 5 heteroatoms. The van der Waals surface area contributed by atoms with E-state index in [9.17, 15) is 9.90 Å². The summed E-state index contributed by atoms with van der Waals surface area (Å²) < 4.78 is 5.33. The minimum atomic E-state index is -0.814. The third kappa shape index (κ3) is 4.79. The lowest BCUT2D eigenvalue weighted by molar-refractivity contribution is -0.137. The Bertz CT molecular complexity index is 420. The van der Waals surface area contributed by atoms with Crippen LogP contribution in [-0.4, -0.2) is 40.8 Å². The van der Waals surface area contributed by atoms with Crippen molar-refractivity contribution in [3.63, 3.8) is 0 Å². The molecular formula is C14H21NO4. The molecule has 0 saturated carbocycles. The second-order valence-corrected chi connectivity index (χ2v) is 4.21. The zero-order valence-corrected chi connectivity index (χ0v) is 11.4. The van der Waals surface area contributed by atoms with E-state index in [1.807, 2.05) is 30.9 Å². The first-order valence-electron chi connectivity index (χ1n) is 6.46. The van der Waals surface area contributed by atoms with Crippen LogP contribution in [0.3, 0.4) is 0 Å². The van der Waals surface area contributed by atoms with Gasteiger partial charge in [-0.05, 0) is 19.5 Å². The molecule has 0 fully saturated rings. The van der Waals surface area contributed by atoms with Gasteiger partial charge < -0.3 is 14.9 Å². The number of rotatable bonds is 8. The topological polar surface area (TPSA) is 70.0 Å². The minimum Gasteiger partial charge on any atom is -0.504 e. The van der Waals surface area contributed by atoms with Gasteiger partial charge in [-0.15, -0.1) is 0 Å². The Labute approximate surface area is 113 Å². The van der Waals surface area contributed by atoms with Crippen LogP contribution in [0, 0.1) is 0 Å². The molecule has 0 atom stereocenters. The number of aromatic hydroxyl groups is 1. The predicted octanol–water partition coefficient (Wildman–Crippen LogP) is 2.09. The normalized spacial score (nSPS) is 10.7.